The van der Waals surface area contributed by atoms with Crippen LogP contribution in [-0.4, -0.2) is 23.3 Å². The Hall–Kier alpha value is -0.650. The number of hydrogen-bond acceptors (Lipinski definition) is 4. The minimum atomic E-state index is 0.171. The Morgan fingerprint density at radius 1 is 1.44 bits per heavy atom. The van der Waals surface area contributed by atoms with Crippen molar-refractivity contribution >= 4 is 15.9 Å². The molecule has 1 saturated heterocycles. The normalized spacial score (nSPS) is 28.1. The van der Waals surface area contributed by atoms with E-state index >= 15 is 0 Å². The Morgan fingerprint density at radius 3 is 2.72 bits per heavy atom. The fraction of sp³-hybridized carbons (Fsp3) is 0.615. The molecule has 0 saturated carbocycles. The molecular weight excluding hydrogens is 296 g/mol. The van der Waals surface area contributed by atoms with Crippen LogP contribution < -0.4 is 10.5 Å². The lowest BCUT2D eigenvalue weighted by molar-refractivity contribution is -0.0723. The molecule has 1 fully saturated rings. The van der Waals surface area contributed by atoms with Gasteiger partial charge < -0.3 is 15.2 Å². The van der Waals surface area contributed by atoms with E-state index in [-0.39, 0.29) is 18.3 Å². The maximum absolute atomic E-state index is 6.05. The summed E-state index contributed by atoms with van der Waals surface area (Å²) in [5.74, 6) is 0.776. The third kappa shape index (κ3) is 3.43. The molecule has 2 N–H and O–H groups in total. The molecule has 1 aromatic heterocycles. The van der Waals surface area contributed by atoms with Gasteiger partial charge in [-0.25, -0.2) is 0 Å². The lowest BCUT2D eigenvalue weighted by Gasteiger charge is -2.32. The smallest absolute Gasteiger partial charge is 0.143 e. The molecule has 0 spiro atoms. The Morgan fingerprint density at radius 2 is 2.11 bits per heavy atom. The average Bonchev–Trinajstić information content (AvgIpc) is 2.27. The highest BCUT2D eigenvalue weighted by molar-refractivity contribution is 9.10. The Bertz CT molecular complexity index is 404. The van der Waals surface area contributed by atoms with E-state index in [2.05, 4.69) is 34.8 Å². The van der Waals surface area contributed by atoms with E-state index in [0.29, 0.717) is 6.54 Å². The van der Waals surface area contributed by atoms with Gasteiger partial charge >= 0.3 is 0 Å². The van der Waals surface area contributed by atoms with Crippen LogP contribution in [0, 0.1) is 0 Å². The van der Waals surface area contributed by atoms with Crippen LogP contribution in [0.5, 0.6) is 5.75 Å². The van der Waals surface area contributed by atoms with Gasteiger partial charge in [0.15, 0.2) is 0 Å². The molecule has 2 atom stereocenters. The van der Waals surface area contributed by atoms with Crippen molar-refractivity contribution in [3.63, 3.8) is 0 Å². The second kappa shape index (κ2) is 5.99. The number of aromatic nitrogens is 1. The quantitative estimate of drug-likeness (QED) is 0.931. The maximum atomic E-state index is 6.05. The summed E-state index contributed by atoms with van der Waals surface area (Å²) in [6, 6.07) is 1.93. The van der Waals surface area contributed by atoms with Crippen molar-refractivity contribution in [3.05, 3.63) is 22.4 Å². The summed E-state index contributed by atoms with van der Waals surface area (Å²) in [6.45, 7) is 4.54. The molecule has 1 aromatic rings. The van der Waals surface area contributed by atoms with Crippen molar-refractivity contribution in [2.75, 3.05) is 0 Å². The third-order valence-corrected chi connectivity index (χ3v) is 3.47. The largest absolute Gasteiger partial charge is 0.488 e. The predicted molar refractivity (Wildman–Crippen MR) is 73.5 cm³/mol. The Labute approximate surface area is 116 Å². The van der Waals surface area contributed by atoms with Crippen molar-refractivity contribution in [2.24, 2.45) is 5.73 Å². The van der Waals surface area contributed by atoms with Gasteiger partial charge in [0.25, 0.3) is 0 Å². The van der Waals surface area contributed by atoms with Crippen LogP contribution in [0.4, 0.5) is 0 Å². The molecule has 2 unspecified atom stereocenters. The predicted octanol–water partition coefficient (Wildman–Crippen LogP) is 2.64. The molecule has 2 rings (SSSR count). The van der Waals surface area contributed by atoms with Crippen LogP contribution in [0.1, 0.15) is 32.4 Å². The number of halogens is 1. The fourth-order valence-electron chi connectivity index (χ4n) is 2.32. The molecule has 0 aliphatic carbocycles. The first-order valence-corrected chi connectivity index (χ1v) is 7.04. The summed E-state index contributed by atoms with van der Waals surface area (Å²) in [5, 5.41) is 0. The van der Waals surface area contributed by atoms with E-state index in [4.69, 9.17) is 15.2 Å². The van der Waals surface area contributed by atoms with Gasteiger partial charge in [0.2, 0.25) is 0 Å². The number of ether oxygens (including phenoxy) is 2. The third-order valence-electron chi connectivity index (χ3n) is 3.04. The van der Waals surface area contributed by atoms with Gasteiger partial charge in [-0.3, -0.25) is 4.98 Å². The second-order valence-corrected chi connectivity index (χ2v) is 5.69. The van der Waals surface area contributed by atoms with Crippen LogP contribution in [0.2, 0.25) is 0 Å². The van der Waals surface area contributed by atoms with Crippen LogP contribution >= 0.6 is 15.9 Å². The van der Waals surface area contributed by atoms with Crippen molar-refractivity contribution in [1.29, 1.82) is 0 Å². The SMILES string of the molecule is CC1CC(Oc2cc(Br)cnc2CN)CC(C)O1. The number of nitrogens with two attached hydrogens (primary N) is 1. The highest BCUT2D eigenvalue weighted by atomic mass is 79.9. The minimum Gasteiger partial charge on any atom is -0.488 e. The first kappa shape index (κ1) is 13.8. The Balaban J connectivity index is 2.10. The zero-order valence-electron chi connectivity index (χ0n) is 10.7. The molecular formula is C13H19BrN2O2. The number of rotatable bonds is 3. The lowest BCUT2D eigenvalue weighted by atomic mass is 10.0. The minimum absolute atomic E-state index is 0.171. The van der Waals surface area contributed by atoms with Crippen molar-refractivity contribution in [3.8, 4) is 5.75 Å². The summed E-state index contributed by atoms with van der Waals surface area (Å²) >= 11 is 3.41. The Kier molecular flexibility index (Phi) is 4.59. The lowest BCUT2D eigenvalue weighted by Crippen LogP contribution is -2.36. The van der Waals surface area contributed by atoms with Gasteiger partial charge in [0.1, 0.15) is 11.9 Å². The molecule has 0 bridgehead atoms. The van der Waals surface area contributed by atoms with Gasteiger partial charge in [-0.15, -0.1) is 0 Å². The summed E-state index contributed by atoms with van der Waals surface area (Å²) in [5.41, 5.74) is 6.47. The molecule has 0 amide bonds. The van der Waals surface area contributed by atoms with Crippen LogP contribution in [0.15, 0.2) is 16.7 Å². The van der Waals surface area contributed by atoms with Gasteiger partial charge in [-0.2, -0.15) is 0 Å². The number of hydrogen-bond donors (Lipinski definition) is 1. The van der Waals surface area contributed by atoms with Crippen molar-refractivity contribution in [2.45, 2.75) is 51.5 Å². The van der Waals surface area contributed by atoms with Gasteiger partial charge in [0, 0.05) is 30.1 Å². The molecule has 0 aromatic carbocycles. The molecule has 4 nitrogen and oxygen atoms in total. The molecule has 1 aliphatic heterocycles. The summed E-state index contributed by atoms with van der Waals surface area (Å²) < 4.78 is 12.7. The first-order valence-electron chi connectivity index (χ1n) is 6.25. The standard InChI is InChI=1S/C13H19BrN2O2/c1-8-3-11(4-9(2)17-8)18-13-5-10(14)7-16-12(13)6-15/h5,7-9,11H,3-4,6,15H2,1-2H3. The topological polar surface area (TPSA) is 57.4 Å². The summed E-state index contributed by atoms with van der Waals surface area (Å²) in [4.78, 5) is 4.27. The van der Waals surface area contributed by atoms with E-state index in [1.807, 2.05) is 6.07 Å². The van der Waals surface area contributed by atoms with E-state index in [9.17, 15) is 0 Å². The van der Waals surface area contributed by atoms with E-state index in [1.54, 1.807) is 6.20 Å². The van der Waals surface area contributed by atoms with E-state index < -0.39 is 0 Å². The van der Waals surface area contributed by atoms with Crippen molar-refractivity contribution in [1.82, 2.24) is 4.98 Å². The molecule has 2 heterocycles. The molecule has 100 valence electrons. The highest BCUT2D eigenvalue weighted by Crippen LogP contribution is 2.27. The van der Waals surface area contributed by atoms with Crippen molar-refractivity contribution < 1.29 is 9.47 Å². The van der Waals surface area contributed by atoms with Gasteiger partial charge in [-0.1, -0.05) is 0 Å². The first-order chi connectivity index (χ1) is 8.58. The highest BCUT2D eigenvalue weighted by Gasteiger charge is 2.26. The number of nitrogens with zero attached hydrogens (tertiary/aromatic N) is 1. The average molecular weight is 315 g/mol. The molecule has 0 radical (unpaired) electrons. The summed E-state index contributed by atoms with van der Waals surface area (Å²) in [7, 11) is 0. The van der Waals surface area contributed by atoms with Gasteiger partial charge in [0.05, 0.1) is 17.9 Å². The zero-order chi connectivity index (χ0) is 13.1. The van der Waals surface area contributed by atoms with Crippen LogP contribution in [0.25, 0.3) is 0 Å². The number of pyridine rings is 1. The molecule has 1 aliphatic rings. The zero-order valence-corrected chi connectivity index (χ0v) is 12.3. The van der Waals surface area contributed by atoms with Crippen LogP contribution in [-0.2, 0) is 11.3 Å². The van der Waals surface area contributed by atoms with E-state index in [1.165, 1.54) is 0 Å². The monoisotopic (exact) mass is 314 g/mol. The summed E-state index contributed by atoms with van der Waals surface area (Å²) in [6.07, 6.45) is 4.19. The maximum Gasteiger partial charge on any atom is 0.143 e. The fourth-order valence-corrected chi connectivity index (χ4v) is 2.63. The molecule has 18 heavy (non-hydrogen) atoms. The van der Waals surface area contributed by atoms with Gasteiger partial charge in [-0.05, 0) is 35.8 Å². The van der Waals surface area contributed by atoms with Crippen LogP contribution in [0.3, 0.4) is 0 Å². The van der Waals surface area contributed by atoms with E-state index in [0.717, 1.165) is 28.8 Å². The molecule has 5 heteroatoms. The second-order valence-electron chi connectivity index (χ2n) is 4.77.